The van der Waals surface area contributed by atoms with Crippen LogP contribution < -0.4 is 5.32 Å². The number of phenolic OH excluding ortho intramolecular Hbond substituents is 1. The molecule has 23 heavy (non-hydrogen) atoms. The second kappa shape index (κ2) is 6.70. The number of aromatic hydroxyl groups is 1. The van der Waals surface area contributed by atoms with E-state index in [1.165, 1.54) is 0 Å². The quantitative estimate of drug-likeness (QED) is 0.772. The lowest BCUT2D eigenvalue weighted by Gasteiger charge is -2.06. The summed E-state index contributed by atoms with van der Waals surface area (Å²) in [6.45, 7) is 0. The maximum atomic E-state index is 9.99. The summed E-state index contributed by atoms with van der Waals surface area (Å²) in [5.74, 6) is 1.53. The van der Waals surface area contributed by atoms with Gasteiger partial charge in [0.05, 0.1) is 5.56 Å². The second-order valence-electron chi connectivity index (χ2n) is 4.85. The van der Waals surface area contributed by atoms with Crippen LogP contribution in [0, 0.1) is 0 Å². The van der Waals surface area contributed by atoms with Crippen LogP contribution >= 0.6 is 0 Å². The van der Waals surface area contributed by atoms with Crippen molar-refractivity contribution in [3.8, 4) is 17.1 Å². The van der Waals surface area contributed by atoms with Gasteiger partial charge < -0.3 is 10.4 Å². The monoisotopic (exact) mass is 304 g/mol. The van der Waals surface area contributed by atoms with Crippen LogP contribution in [0.15, 0.2) is 54.6 Å². The molecule has 114 valence electrons. The number of para-hydroxylation sites is 1. The number of nitrogens with one attached hydrogen (secondary N) is 1. The maximum absolute atomic E-state index is 9.99. The Hall–Kier alpha value is -3.21. The maximum Gasteiger partial charge on any atom is 0.226 e. The molecule has 0 unspecified atom stereocenters. The topological polar surface area (TPSA) is 70.9 Å². The first-order chi connectivity index (χ1) is 11.3. The standard InChI is InChI=1S/C18H16N4O/c1-19-18-21-16(12-11-13-7-3-2-4-8-13)20-17(22-18)14-9-5-6-10-15(14)23/h2-12,23H,1H3,(H,19,20,21,22). The molecule has 2 N–H and O–H groups in total. The van der Waals surface area contributed by atoms with Crippen LogP contribution in [0.3, 0.4) is 0 Å². The van der Waals surface area contributed by atoms with Crippen LogP contribution in [0.5, 0.6) is 5.75 Å². The van der Waals surface area contributed by atoms with E-state index >= 15 is 0 Å². The van der Waals surface area contributed by atoms with Gasteiger partial charge in [-0.15, -0.1) is 0 Å². The van der Waals surface area contributed by atoms with E-state index in [9.17, 15) is 5.11 Å². The van der Waals surface area contributed by atoms with E-state index in [-0.39, 0.29) is 5.75 Å². The summed E-state index contributed by atoms with van der Waals surface area (Å²) in [5, 5.41) is 12.9. The molecule has 1 aromatic heterocycles. The molecule has 0 aliphatic heterocycles. The Bertz CT molecular complexity index is 831. The van der Waals surface area contributed by atoms with Crippen LogP contribution in [0.1, 0.15) is 11.4 Å². The number of aromatic nitrogens is 3. The van der Waals surface area contributed by atoms with E-state index in [4.69, 9.17) is 0 Å². The highest BCUT2D eigenvalue weighted by Crippen LogP contribution is 2.26. The Kier molecular flexibility index (Phi) is 4.29. The summed E-state index contributed by atoms with van der Waals surface area (Å²) < 4.78 is 0. The molecular weight excluding hydrogens is 288 g/mol. The van der Waals surface area contributed by atoms with E-state index in [0.29, 0.717) is 23.2 Å². The van der Waals surface area contributed by atoms with Gasteiger partial charge in [-0.05, 0) is 23.8 Å². The van der Waals surface area contributed by atoms with Gasteiger partial charge in [0, 0.05) is 7.05 Å². The number of benzene rings is 2. The average molecular weight is 304 g/mol. The molecule has 1 heterocycles. The number of hydrogen-bond acceptors (Lipinski definition) is 5. The number of hydrogen-bond donors (Lipinski definition) is 2. The SMILES string of the molecule is CNc1nc(C=Cc2ccccc2)nc(-c2ccccc2O)n1. The first-order valence-electron chi connectivity index (χ1n) is 7.21. The minimum atomic E-state index is 0.138. The van der Waals surface area contributed by atoms with Crippen LogP contribution in [-0.2, 0) is 0 Å². The molecule has 0 saturated carbocycles. The molecule has 5 heteroatoms. The Morgan fingerprint density at radius 2 is 1.61 bits per heavy atom. The fraction of sp³-hybridized carbons (Fsp3) is 0.0556. The predicted molar refractivity (Wildman–Crippen MR) is 91.8 cm³/mol. The molecule has 0 radical (unpaired) electrons. The third-order valence-electron chi connectivity index (χ3n) is 3.25. The van der Waals surface area contributed by atoms with Gasteiger partial charge in [0.1, 0.15) is 5.75 Å². The van der Waals surface area contributed by atoms with Crippen molar-refractivity contribution in [3.05, 3.63) is 66.0 Å². The van der Waals surface area contributed by atoms with E-state index in [1.54, 1.807) is 25.2 Å². The average Bonchev–Trinajstić information content (AvgIpc) is 2.61. The van der Waals surface area contributed by atoms with Gasteiger partial charge in [0.25, 0.3) is 0 Å². The second-order valence-corrected chi connectivity index (χ2v) is 4.85. The molecule has 0 bridgehead atoms. The fourth-order valence-corrected chi connectivity index (χ4v) is 2.10. The van der Waals surface area contributed by atoms with E-state index in [1.807, 2.05) is 48.6 Å². The summed E-state index contributed by atoms with van der Waals surface area (Å²) in [7, 11) is 1.74. The molecule has 0 aliphatic carbocycles. The minimum Gasteiger partial charge on any atom is -0.507 e. The first-order valence-corrected chi connectivity index (χ1v) is 7.21. The van der Waals surface area contributed by atoms with E-state index < -0.39 is 0 Å². The zero-order chi connectivity index (χ0) is 16.1. The predicted octanol–water partition coefficient (Wildman–Crippen LogP) is 3.46. The van der Waals surface area contributed by atoms with Gasteiger partial charge in [-0.1, -0.05) is 48.5 Å². The fourth-order valence-electron chi connectivity index (χ4n) is 2.10. The molecule has 0 saturated heterocycles. The molecule has 3 aromatic rings. The van der Waals surface area contributed by atoms with Crippen molar-refractivity contribution >= 4 is 18.1 Å². The van der Waals surface area contributed by atoms with Gasteiger partial charge in [-0.3, -0.25) is 0 Å². The number of phenols is 1. The Labute approximate surface area is 134 Å². The highest BCUT2D eigenvalue weighted by atomic mass is 16.3. The summed E-state index contributed by atoms with van der Waals surface area (Å²) in [4.78, 5) is 13.0. The Morgan fingerprint density at radius 3 is 2.35 bits per heavy atom. The molecule has 0 aliphatic rings. The van der Waals surface area contributed by atoms with Crippen molar-refractivity contribution in [2.24, 2.45) is 0 Å². The summed E-state index contributed by atoms with van der Waals surface area (Å²) >= 11 is 0. The van der Waals surface area contributed by atoms with Crippen LogP contribution in [0.4, 0.5) is 5.95 Å². The first kappa shape index (κ1) is 14.7. The van der Waals surface area contributed by atoms with Gasteiger partial charge in [-0.2, -0.15) is 9.97 Å². The molecular formula is C18H16N4O. The van der Waals surface area contributed by atoms with Crippen molar-refractivity contribution in [1.82, 2.24) is 15.0 Å². The van der Waals surface area contributed by atoms with Crippen molar-refractivity contribution in [3.63, 3.8) is 0 Å². The number of rotatable bonds is 4. The number of anilines is 1. The van der Waals surface area contributed by atoms with Crippen molar-refractivity contribution < 1.29 is 5.11 Å². The molecule has 3 rings (SSSR count). The number of nitrogens with zero attached hydrogens (tertiary/aromatic N) is 3. The van der Waals surface area contributed by atoms with E-state index in [0.717, 1.165) is 5.56 Å². The minimum absolute atomic E-state index is 0.138. The molecule has 0 amide bonds. The lowest BCUT2D eigenvalue weighted by Crippen LogP contribution is -2.02. The molecule has 5 nitrogen and oxygen atoms in total. The lowest BCUT2D eigenvalue weighted by molar-refractivity contribution is 0.477. The highest BCUT2D eigenvalue weighted by molar-refractivity contribution is 5.69. The van der Waals surface area contributed by atoms with Gasteiger partial charge in [-0.25, -0.2) is 4.98 Å². The van der Waals surface area contributed by atoms with Gasteiger partial charge in [0.15, 0.2) is 11.6 Å². The largest absolute Gasteiger partial charge is 0.507 e. The zero-order valence-electron chi connectivity index (χ0n) is 12.6. The highest BCUT2D eigenvalue weighted by Gasteiger charge is 2.09. The van der Waals surface area contributed by atoms with Crippen LogP contribution in [-0.4, -0.2) is 27.1 Å². The summed E-state index contributed by atoms with van der Waals surface area (Å²) in [5.41, 5.74) is 1.63. The molecule has 2 aromatic carbocycles. The summed E-state index contributed by atoms with van der Waals surface area (Å²) in [6, 6.07) is 16.9. The van der Waals surface area contributed by atoms with Crippen molar-refractivity contribution in [2.75, 3.05) is 12.4 Å². The van der Waals surface area contributed by atoms with Gasteiger partial charge in [0.2, 0.25) is 5.95 Å². The third-order valence-corrected chi connectivity index (χ3v) is 3.25. The smallest absolute Gasteiger partial charge is 0.226 e. The summed E-state index contributed by atoms with van der Waals surface area (Å²) in [6.07, 6.45) is 3.75. The third kappa shape index (κ3) is 3.52. The van der Waals surface area contributed by atoms with Crippen molar-refractivity contribution in [2.45, 2.75) is 0 Å². The molecule has 0 fully saturated rings. The van der Waals surface area contributed by atoms with Crippen LogP contribution in [0.25, 0.3) is 23.5 Å². The van der Waals surface area contributed by atoms with E-state index in [2.05, 4.69) is 20.3 Å². The molecule has 0 spiro atoms. The van der Waals surface area contributed by atoms with Crippen LogP contribution in [0.2, 0.25) is 0 Å². The van der Waals surface area contributed by atoms with Crippen molar-refractivity contribution in [1.29, 1.82) is 0 Å². The normalized spacial score (nSPS) is 10.8. The zero-order valence-corrected chi connectivity index (χ0v) is 12.6. The molecule has 0 atom stereocenters. The lowest BCUT2D eigenvalue weighted by atomic mass is 10.2. The van der Waals surface area contributed by atoms with Gasteiger partial charge >= 0.3 is 0 Å². The Morgan fingerprint density at radius 1 is 0.870 bits per heavy atom. The Balaban J connectivity index is 2.00.